The van der Waals surface area contributed by atoms with Gasteiger partial charge in [0.1, 0.15) is 16.8 Å². The SMILES string of the molecule is O=c1oc2cccnc2c(O)c1-c1cccc(OC(F)(F)F)c1. The lowest BCUT2D eigenvalue weighted by Crippen LogP contribution is -2.17. The fourth-order valence-corrected chi connectivity index (χ4v) is 2.12. The molecule has 3 aromatic rings. The summed E-state index contributed by atoms with van der Waals surface area (Å²) in [6.45, 7) is 0. The second-order valence-electron chi connectivity index (χ2n) is 4.54. The number of ether oxygens (including phenoxy) is 1. The van der Waals surface area contributed by atoms with E-state index in [-0.39, 0.29) is 22.2 Å². The molecule has 0 saturated carbocycles. The summed E-state index contributed by atoms with van der Waals surface area (Å²) in [5, 5.41) is 10.2. The molecule has 0 spiro atoms. The first-order valence-electron chi connectivity index (χ1n) is 6.32. The minimum absolute atomic E-state index is 0.0190. The van der Waals surface area contributed by atoms with Crippen molar-refractivity contribution in [3.05, 3.63) is 53.0 Å². The predicted molar refractivity (Wildman–Crippen MR) is 74.1 cm³/mol. The molecule has 2 heterocycles. The molecule has 0 radical (unpaired) electrons. The Hall–Kier alpha value is -3.03. The van der Waals surface area contributed by atoms with E-state index < -0.39 is 23.5 Å². The molecule has 0 amide bonds. The summed E-state index contributed by atoms with van der Waals surface area (Å²) >= 11 is 0. The van der Waals surface area contributed by atoms with Crippen molar-refractivity contribution < 1.29 is 27.4 Å². The number of pyridine rings is 1. The number of hydrogen-bond acceptors (Lipinski definition) is 5. The number of aromatic nitrogens is 1. The number of benzene rings is 1. The van der Waals surface area contributed by atoms with Crippen molar-refractivity contribution in [1.82, 2.24) is 4.98 Å². The summed E-state index contributed by atoms with van der Waals surface area (Å²) in [5.41, 5.74) is -1.06. The van der Waals surface area contributed by atoms with Crippen molar-refractivity contribution in [2.75, 3.05) is 0 Å². The Labute approximate surface area is 126 Å². The minimum atomic E-state index is -4.86. The molecule has 0 aliphatic rings. The number of alkyl halides is 3. The Morgan fingerprint density at radius 1 is 1.17 bits per heavy atom. The van der Waals surface area contributed by atoms with Gasteiger partial charge in [-0.3, -0.25) is 0 Å². The first-order chi connectivity index (χ1) is 10.8. The molecule has 2 aromatic heterocycles. The van der Waals surface area contributed by atoms with Crippen molar-refractivity contribution in [3.8, 4) is 22.6 Å². The molecular weight excluding hydrogens is 315 g/mol. The fraction of sp³-hybridized carbons (Fsp3) is 0.0667. The predicted octanol–water partition coefficient (Wildman–Crippen LogP) is 3.46. The second-order valence-corrected chi connectivity index (χ2v) is 4.54. The highest BCUT2D eigenvalue weighted by molar-refractivity contribution is 5.87. The molecule has 0 atom stereocenters. The van der Waals surface area contributed by atoms with E-state index in [9.17, 15) is 23.1 Å². The maximum Gasteiger partial charge on any atom is 0.573 e. The standard InChI is InChI=1S/C15H8F3NO4/c16-15(17,18)23-9-4-1-3-8(7-9)11-13(20)12-10(22-14(11)21)5-2-6-19-12/h1-7,20H. The maximum atomic E-state index is 12.3. The highest BCUT2D eigenvalue weighted by Gasteiger charge is 2.31. The molecule has 0 aliphatic carbocycles. The Morgan fingerprint density at radius 3 is 2.70 bits per heavy atom. The van der Waals surface area contributed by atoms with Gasteiger partial charge in [-0.1, -0.05) is 12.1 Å². The zero-order valence-electron chi connectivity index (χ0n) is 11.3. The maximum absolute atomic E-state index is 12.3. The Balaban J connectivity index is 2.17. The summed E-state index contributed by atoms with van der Waals surface area (Å²) in [6.07, 6.45) is -3.48. The Bertz CT molecular complexity index is 934. The minimum Gasteiger partial charge on any atom is -0.505 e. The smallest absolute Gasteiger partial charge is 0.505 e. The van der Waals surface area contributed by atoms with E-state index in [0.29, 0.717) is 0 Å². The number of fused-ring (bicyclic) bond motifs is 1. The Kier molecular flexibility index (Phi) is 3.44. The van der Waals surface area contributed by atoms with E-state index >= 15 is 0 Å². The first kappa shape index (κ1) is 14.9. The van der Waals surface area contributed by atoms with Gasteiger partial charge in [0.2, 0.25) is 0 Å². The van der Waals surface area contributed by atoms with Crippen LogP contribution < -0.4 is 10.4 Å². The lowest BCUT2D eigenvalue weighted by Gasteiger charge is -2.10. The van der Waals surface area contributed by atoms with Crippen LogP contribution in [0.5, 0.6) is 11.5 Å². The molecule has 0 bridgehead atoms. The normalized spacial score (nSPS) is 11.6. The molecule has 23 heavy (non-hydrogen) atoms. The van der Waals surface area contributed by atoms with Gasteiger partial charge in [-0.05, 0) is 29.8 Å². The molecule has 1 aromatic carbocycles. The zero-order valence-corrected chi connectivity index (χ0v) is 11.3. The van der Waals surface area contributed by atoms with E-state index in [1.807, 2.05) is 0 Å². The van der Waals surface area contributed by atoms with Crippen LogP contribution in [-0.4, -0.2) is 16.5 Å². The summed E-state index contributed by atoms with van der Waals surface area (Å²) < 4.78 is 45.7. The summed E-state index contributed by atoms with van der Waals surface area (Å²) in [5.74, 6) is -0.990. The summed E-state index contributed by atoms with van der Waals surface area (Å²) in [4.78, 5) is 15.9. The molecule has 118 valence electrons. The second kappa shape index (κ2) is 5.31. The van der Waals surface area contributed by atoms with Crippen LogP contribution in [0.25, 0.3) is 22.2 Å². The van der Waals surface area contributed by atoms with Crippen LogP contribution >= 0.6 is 0 Å². The van der Waals surface area contributed by atoms with Crippen LogP contribution in [0.15, 0.2) is 51.8 Å². The molecule has 3 rings (SSSR count). The molecule has 0 fully saturated rings. The summed E-state index contributed by atoms with van der Waals surface area (Å²) in [7, 11) is 0. The van der Waals surface area contributed by atoms with Crippen molar-refractivity contribution in [3.63, 3.8) is 0 Å². The van der Waals surface area contributed by atoms with E-state index in [0.717, 1.165) is 12.1 Å². The van der Waals surface area contributed by atoms with E-state index in [2.05, 4.69) is 9.72 Å². The van der Waals surface area contributed by atoms with Crippen molar-refractivity contribution in [2.45, 2.75) is 6.36 Å². The lowest BCUT2D eigenvalue weighted by molar-refractivity contribution is -0.274. The fourth-order valence-electron chi connectivity index (χ4n) is 2.12. The first-order valence-corrected chi connectivity index (χ1v) is 6.32. The largest absolute Gasteiger partial charge is 0.573 e. The van der Waals surface area contributed by atoms with Gasteiger partial charge >= 0.3 is 12.0 Å². The molecule has 0 saturated heterocycles. The van der Waals surface area contributed by atoms with Crippen LogP contribution in [0.3, 0.4) is 0 Å². The topological polar surface area (TPSA) is 72.6 Å². The number of aromatic hydroxyl groups is 1. The number of nitrogens with zero attached hydrogens (tertiary/aromatic N) is 1. The van der Waals surface area contributed by atoms with Gasteiger partial charge in [0.05, 0.1) is 0 Å². The number of halogens is 3. The zero-order chi connectivity index (χ0) is 16.6. The molecule has 0 unspecified atom stereocenters. The van der Waals surface area contributed by atoms with Gasteiger partial charge in [-0.2, -0.15) is 0 Å². The molecule has 5 nitrogen and oxygen atoms in total. The Morgan fingerprint density at radius 2 is 1.96 bits per heavy atom. The number of rotatable bonds is 2. The highest BCUT2D eigenvalue weighted by Crippen LogP contribution is 2.34. The average Bonchev–Trinajstić information content (AvgIpc) is 2.46. The van der Waals surface area contributed by atoms with Crippen LogP contribution in [0.2, 0.25) is 0 Å². The van der Waals surface area contributed by atoms with Gasteiger partial charge in [0, 0.05) is 6.20 Å². The molecule has 0 aliphatic heterocycles. The van der Waals surface area contributed by atoms with E-state index in [1.165, 1.54) is 30.5 Å². The van der Waals surface area contributed by atoms with Crippen molar-refractivity contribution in [1.29, 1.82) is 0 Å². The number of hydrogen-bond donors (Lipinski definition) is 1. The quantitative estimate of drug-likeness (QED) is 0.782. The average molecular weight is 323 g/mol. The molecular formula is C15H8F3NO4. The van der Waals surface area contributed by atoms with Crippen LogP contribution in [-0.2, 0) is 0 Å². The highest BCUT2D eigenvalue weighted by atomic mass is 19.4. The van der Waals surface area contributed by atoms with Gasteiger partial charge in [0.15, 0.2) is 11.3 Å². The monoisotopic (exact) mass is 323 g/mol. The van der Waals surface area contributed by atoms with E-state index in [1.54, 1.807) is 0 Å². The van der Waals surface area contributed by atoms with Gasteiger partial charge in [-0.15, -0.1) is 13.2 Å². The van der Waals surface area contributed by atoms with Crippen LogP contribution in [0, 0.1) is 0 Å². The third-order valence-corrected chi connectivity index (χ3v) is 2.99. The third kappa shape index (κ3) is 2.96. The third-order valence-electron chi connectivity index (χ3n) is 2.99. The molecule has 8 heteroatoms. The lowest BCUT2D eigenvalue weighted by atomic mass is 10.1. The molecule has 1 N–H and O–H groups in total. The van der Waals surface area contributed by atoms with Crippen molar-refractivity contribution in [2.24, 2.45) is 0 Å². The van der Waals surface area contributed by atoms with Crippen LogP contribution in [0.1, 0.15) is 0 Å². The summed E-state index contributed by atoms with van der Waals surface area (Å²) in [6, 6.07) is 7.63. The van der Waals surface area contributed by atoms with Crippen molar-refractivity contribution >= 4 is 11.1 Å². The van der Waals surface area contributed by atoms with Gasteiger partial charge in [0.25, 0.3) is 0 Å². The van der Waals surface area contributed by atoms with Gasteiger partial charge in [-0.25, -0.2) is 9.78 Å². The van der Waals surface area contributed by atoms with Crippen LogP contribution in [0.4, 0.5) is 13.2 Å². The van der Waals surface area contributed by atoms with E-state index in [4.69, 9.17) is 4.42 Å². The van der Waals surface area contributed by atoms with Gasteiger partial charge < -0.3 is 14.3 Å².